The Hall–Kier alpha value is -0.0800. The smallest absolute Gasteiger partial charge is 0.0136 e. The molecule has 3 aliphatic rings. The van der Waals surface area contributed by atoms with Crippen LogP contribution in [0.1, 0.15) is 39.0 Å². The maximum atomic E-state index is 2.73. The molecule has 2 saturated heterocycles. The molecular weight excluding hydrogens is 184 g/mol. The van der Waals surface area contributed by atoms with Crippen molar-refractivity contribution in [2.75, 3.05) is 26.2 Å². The molecule has 0 amide bonds. The standard InChI is InChI=1S/C13H24N2/c1-11-4-5-12(14-6-2-7-14)10-13(11)15-8-3-9-15/h11-13H,2-10H2,1H3. The molecule has 3 fully saturated rings. The van der Waals surface area contributed by atoms with Crippen molar-refractivity contribution >= 4 is 0 Å². The van der Waals surface area contributed by atoms with Crippen LogP contribution in [-0.2, 0) is 0 Å². The molecule has 3 rings (SSSR count). The van der Waals surface area contributed by atoms with Crippen molar-refractivity contribution in [1.29, 1.82) is 0 Å². The molecule has 2 aliphatic heterocycles. The Kier molecular flexibility index (Phi) is 2.73. The van der Waals surface area contributed by atoms with Crippen molar-refractivity contribution in [3.8, 4) is 0 Å². The summed E-state index contributed by atoms with van der Waals surface area (Å²) in [6, 6.07) is 1.85. The van der Waals surface area contributed by atoms with Crippen LogP contribution in [0, 0.1) is 5.92 Å². The summed E-state index contributed by atoms with van der Waals surface area (Å²) in [5.74, 6) is 0.947. The highest BCUT2D eigenvalue weighted by molar-refractivity contribution is 4.92. The van der Waals surface area contributed by atoms with E-state index in [2.05, 4.69) is 16.7 Å². The molecule has 2 heteroatoms. The molecule has 1 saturated carbocycles. The van der Waals surface area contributed by atoms with E-state index in [1.807, 2.05) is 0 Å². The van der Waals surface area contributed by atoms with Crippen LogP contribution in [0.4, 0.5) is 0 Å². The third kappa shape index (κ3) is 1.83. The lowest BCUT2D eigenvalue weighted by atomic mass is 9.79. The summed E-state index contributed by atoms with van der Waals surface area (Å²) in [4.78, 5) is 5.45. The van der Waals surface area contributed by atoms with Crippen molar-refractivity contribution in [2.45, 2.75) is 51.1 Å². The number of hydrogen-bond donors (Lipinski definition) is 0. The second-order valence-electron chi connectivity index (χ2n) is 5.79. The minimum absolute atomic E-state index is 0.915. The predicted octanol–water partition coefficient (Wildman–Crippen LogP) is 1.95. The van der Waals surface area contributed by atoms with E-state index < -0.39 is 0 Å². The predicted molar refractivity (Wildman–Crippen MR) is 63.0 cm³/mol. The minimum atomic E-state index is 0.915. The van der Waals surface area contributed by atoms with Crippen LogP contribution in [-0.4, -0.2) is 48.1 Å². The highest BCUT2D eigenvalue weighted by Gasteiger charge is 2.37. The highest BCUT2D eigenvalue weighted by Crippen LogP contribution is 2.34. The van der Waals surface area contributed by atoms with E-state index in [0.717, 1.165) is 18.0 Å². The average molecular weight is 208 g/mol. The van der Waals surface area contributed by atoms with Gasteiger partial charge < -0.3 is 4.90 Å². The van der Waals surface area contributed by atoms with Crippen LogP contribution < -0.4 is 0 Å². The minimum Gasteiger partial charge on any atom is -0.300 e. The molecular formula is C13H24N2. The van der Waals surface area contributed by atoms with E-state index in [4.69, 9.17) is 0 Å². The molecule has 0 radical (unpaired) electrons. The summed E-state index contributed by atoms with van der Waals surface area (Å²) in [6.07, 6.45) is 7.27. The molecule has 3 unspecified atom stereocenters. The third-order valence-electron chi connectivity index (χ3n) is 4.89. The van der Waals surface area contributed by atoms with Gasteiger partial charge in [0.15, 0.2) is 0 Å². The Labute approximate surface area is 93.6 Å². The number of likely N-dealkylation sites (tertiary alicyclic amines) is 2. The molecule has 0 aromatic carbocycles. The first-order chi connectivity index (χ1) is 7.34. The van der Waals surface area contributed by atoms with Crippen LogP contribution in [0.2, 0.25) is 0 Å². The molecule has 2 heterocycles. The van der Waals surface area contributed by atoms with E-state index in [-0.39, 0.29) is 0 Å². The van der Waals surface area contributed by atoms with Gasteiger partial charge >= 0.3 is 0 Å². The summed E-state index contributed by atoms with van der Waals surface area (Å²) < 4.78 is 0. The monoisotopic (exact) mass is 208 g/mol. The summed E-state index contributed by atoms with van der Waals surface area (Å²) >= 11 is 0. The maximum Gasteiger partial charge on any atom is 0.0136 e. The Balaban J connectivity index is 1.59. The summed E-state index contributed by atoms with van der Waals surface area (Å²) in [5, 5.41) is 0. The fourth-order valence-corrected chi connectivity index (χ4v) is 3.50. The van der Waals surface area contributed by atoms with Gasteiger partial charge in [0.2, 0.25) is 0 Å². The summed E-state index contributed by atoms with van der Waals surface area (Å²) in [7, 11) is 0. The lowest BCUT2D eigenvalue weighted by Crippen LogP contribution is -2.55. The van der Waals surface area contributed by atoms with E-state index in [1.54, 1.807) is 0 Å². The largest absolute Gasteiger partial charge is 0.300 e. The fourth-order valence-electron chi connectivity index (χ4n) is 3.50. The normalized spacial score (nSPS) is 43.4. The van der Waals surface area contributed by atoms with Gasteiger partial charge in [-0.05, 0) is 64.2 Å². The summed E-state index contributed by atoms with van der Waals surface area (Å²) in [6.45, 7) is 7.98. The Bertz CT molecular complexity index is 219. The van der Waals surface area contributed by atoms with Gasteiger partial charge in [-0.3, -0.25) is 4.90 Å². The molecule has 0 aromatic heterocycles. The van der Waals surface area contributed by atoms with E-state index in [9.17, 15) is 0 Å². The van der Waals surface area contributed by atoms with E-state index in [1.165, 1.54) is 58.3 Å². The zero-order valence-corrected chi connectivity index (χ0v) is 9.99. The quantitative estimate of drug-likeness (QED) is 0.684. The van der Waals surface area contributed by atoms with Gasteiger partial charge in [0, 0.05) is 12.1 Å². The first-order valence-electron chi connectivity index (χ1n) is 6.82. The van der Waals surface area contributed by atoms with Gasteiger partial charge in [0.25, 0.3) is 0 Å². The SMILES string of the molecule is CC1CCC(N2CCC2)CC1N1CCC1. The second-order valence-corrected chi connectivity index (χ2v) is 5.79. The maximum absolute atomic E-state index is 2.73. The molecule has 0 spiro atoms. The first kappa shape index (κ1) is 10.1. The molecule has 0 bridgehead atoms. The van der Waals surface area contributed by atoms with Gasteiger partial charge in [-0.25, -0.2) is 0 Å². The van der Waals surface area contributed by atoms with Crippen molar-refractivity contribution in [2.24, 2.45) is 5.92 Å². The van der Waals surface area contributed by atoms with Gasteiger partial charge in [-0.2, -0.15) is 0 Å². The average Bonchev–Trinajstić information content (AvgIpc) is 2.04. The van der Waals surface area contributed by atoms with Crippen LogP contribution in [0.5, 0.6) is 0 Å². The third-order valence-corrected chi connectivity index (χ3v) is 4.89. The molecule has 15 heavy (non-hydrogen) atoms. The van der Waals surface area contributed by atoms with E-state index >= 15 is 0 Å². The van der Waals surface area contributed by atoms with Crippen LogP contribution in [0.3, 0.4) is 0 Å². The number of nitrogens with zero attached hydrogens (tertiary/aromatic N) is 2. The Morgan fingerprint density at radius 2 is 1.53 bits per heavy atom. The molecule has 0 aromatic rings. The molecule has 2 nitrogen and oxygen atoms in total. The Morgan fingerprint density at radius 3 is 2.07 bits per heavy atom. The van der Waals surface area contributed by atoms with Crippen molar-refractivity contribution < 1.29 is 0 Å². The zero-order chi connectivity index (χ0) is 10.3. The van der Waals surface area contributed by atoms with Crippen molar-refractivity contribution in [3.63, 3.8) is 0 Å². The lowest BCUT2D eigenvalue weighted by molar-refractivity contribution is 0.00327. The molecule has 3 atom stereocenters. The molecule has 0 N–H and O–H groups in total. The number of hydrogen-bond acceptors (Lipinski definition) is 2. The first-order valence-corrected chi connectivity index (χ1v) is 6.82. The topological polar surface area (TPSA) is 6.48 Å². The van der Waals surface area contributed by atoms with E-state index in [0.29, 0.717) is 0 Å². The van der Waals surface area contributed by atoms with Gasteiger partial charge in [0.05, 0.1) is 0 Å². The summed E-state index contributed by atoms with van der Waals surface area (Å²) in [5.41, 5.74) is 0. The van der Waals surface area contributed by atoms with Crippen LogP contribution in [0.15, 0.2) is 0 Å². The van der Waals surface area contributed by atoms with Crippen LogP contribution >= 0.6 is 0 Å². The highest BCUT2D eigenvalue weighted by atomic mass is 15.2. The van der Waals surface area contributed by atoms with Gasteiger partial charge in [-0.1, -0.05) is 6.92 Å². The lowest BCUT2D eigenvalue weighted by Gasteiger charge is -2.49. The van der Waals surface area contributed by atoms with Crippen LogP contribution in [0.25, 0.3) is 0 Å². The second kappa shape index (κ2) is 4.06. The van der Waals surface area contributed by atoms with Gasteiger partial charge in [0.1, 0.15) is 0 Å². The molecule has 86 valence electrons. The Morgan fingerprint density at radius 1 is 0.867 bits per heavy atom. The zero-order valence-electron chi connectivity index (χ0n) is 9.99. The fraction of sp³-hybridized carbons (Fsp3) is 1.00. The van der Waals surface area contributed by atoms with Crippen molar-refractivity contribution in [3.05, 3.63) is 0 Å². The molecule has 1 aliphatic carbocycles. The number of rotatable bonds is 2. The van der Waals surface area contributed by atoms with Crippen molar-refractivity contribution in [1.82, 2.24) is 9.80 Å². The van der Waals surface area contributed by atoms with Gasteiger partial charge in [-0.15, -0.1) is 0 Å².